The average molecular weight is 267 g/mol. The first kappa shape index (κ1) is 14.6. The fourth-order valence-corrected chi connectivity index (χ4v) is 1.33. The van der Waals surface area contributed by atoms with E-state index in [1.807, 2.05) is 0 Å². The van der Waals surface area contributed by atoms with E-state index in [1.165, 1.54) is 18.2 Å². The van der Waals surface area contributed by atoms with E-state index in [2.05, 4.69) is 10.6 Å². The summed E-state index contributed by atoms with van der Waals surface area (Å²) in [5.74, 6) is -1.44. The molecule has 0 aliphatic carbocycles. The van der Waals surface area contributed by atoms with Gasteiger partial charge in [0.15, 0.2) is 0 Å². The molecule has 0 radical (unpaired) electrons. The lowest BCUT2D eigenvalue weighted by atomic mass is 10.2. The Morgan fingerprint density at radius 3 is 2.63 bits per heavy atom. The number of hydrogen-bond donors (Lipinski definition) is 3. The second kappa shape index (κ2) is 7.07. The van der Waals surface area contributed by atoms with Gasteiger partial charge >= 0.3 is 5.97 Å². The first-order valence-corrected chi connectivity index (χ1v) is 5.46. The van der Waals surface area contributed by atoms with E-state index in [4.69, 9.17) is 5.11 Å². The van der Waals surface area contributed by atoms with Crippen molar-refractivity contribution in [1.29, 1.82) is 0 Å². The Labute approximate surface area is 108 Å². The molecular formula is C11H13N3O5. The first-order valence-electron chi connectivity index (χ1n) is 5.46. The summed E-state index contributed by atoms with van der Waals surface area (Å²) in [7, 11) is 0. The molecule has 0 unspecified atom stereocenters. The van der Waals surface area contributed by atoms with Crippen molar-refractivity contribution in [3.63, 3.8) is 0 Å². The van der Waals surface area contributed by atoms with Crippen LogP contribution < -0.4 is 10.6 Å². The van der Waals surface area contributed by atoms with Crippen molar-refractivity contribution in [3.05, 3.63) is 34.4 Å². The molecule has 102 valence electrons. The summed E-state index contributed by atoms with van der Waals surface area (Å²) >= 11 is 0. The summed E-state index contributed by atoms with van der Waals surface area (Å²) < 4.78 is 0. The van der Waals surface area contributed by atoms with Crippen LogP contribution in [0, 0.1) is 10.1 Å². The fraction of sp³-hybridized carbons (Fsp3) is 0.273. The molecule has 0 bridgehead atoms. The van der Waals surface area contributed by atoms with Gasteiger partial charge in [-0.05, 0) is 6.07 Å². The van der Waals surface area contributed by atoms with E-state index in [0.717, 1.165) is 0 Å². The predicted octanol–water partition coefficient (Wildman–Crippen LogP) is 0.598. The number of para-hydroxylation sites is 2. The van der Waals surface area contributed by atoms with Gasteiger partial charge in [-0.15, -0.1) is 0 Å². The van der Waals surface area contributed by atoms with Crippen LogP contribution in [0.3, 0.4) is 0 Å². The molecule has 1 amide bonds. The number of nitrogens with one attached hydrogen (secondary N) is 2. The quantitative estimate of drug-likeness (QED) is 0.378. The first-order chi connectivity index (χ1) is 9.00. The number of benzene rings is 1. The Kier molecular flexibility index (Phi) is 5.42. The van der Waals surface area contributed by atoms with Crippen LogP contribution in [0.1, 0.15) is 6.42 Å². The second-order valence-electron chi connectivity index (χ2n) is 3.64. The highest BCUT2D eigenvalue weighted by Crippen LogP contribution is 2.22. The fourth-order valence-electron chi connectivity index (χ4n) is 1.33. The van der Waals surface area contributed by atoms with Crippen molar-refractivity contribution >= 4 is 23.3 Å². The van der Waals surface area contributed by atoms with Gasteiger partial charge in [0, 0.05) is 12.6 Å². The number of aliphatic carboxylic acids is 1. The maximum Gasteiger partial charge on any atom is 0.304 e. The Balaban J connectivity index is 2.48. The van der Waals surface area contributed by atoms with Gasteiger partial charge in [-0.25, -0.2) is 0 Å². The van der Waals surface area contributed by atoms with E-state index in [1.54, 1.807) is 6.07 Å². The van der Waals surface area contributed by atoms with Crippen molar-refractivity contribution in [2.75, 3.05) is 18.4 Å². The van der Waals surface area contributed by atoms with E-state index >= 15 is 0 Å². The monoisotopic (exact) mass is 267 g/mol. The number of nitro groups is 1. The number of hydrogen-bond acceptors (Lipinski definition) is 5. The Hall–Kier alpha value is -2.48. The normalized spacial score (nSPS) is 9.89. The van der Waals surface area contributed by atoms with Crippen molar-refractivity contribution in [2.24, 2.45) is 0 Å². The molecule has 0 aliphatic rings. The summed E-state index contributed by atoms with van der Waals surface area (Å²) in [5.41, 5.74) is -0.0843. The van der Waals surface area contributed by atoms with E-state index in [-0.39, 0.29) is 30.9 Å². The minimum atomic E-state index is -0.966. The van der Waals surface area contributed by atoms with Gasteiger partial charge in [-0.2, -0.15) is 0 Å². The van der Waals surface area contributed by atoms with Crippen molar-refractivity contribution in [2.45, 2.75) is 6.42 Å². The highest BCUT2D eigenvalue weighted by Gasteiger charge is 2.14. The molecule has 8 nitrogen and oxygen atoms in total. The Morgan fingerprint density at radius 1 is 1.32 bits per heavy atom. The number of nitro benzene ring substituents is 1. The summed E-state index contributed by atoms with van der Waals surface area (Å²) in [4.78, 5) is 31.8. The predicted molar refractivity (Wildman–Crippen MR) is 66.8 cm³/mol. The molecule has 0 aliphatic heterocycles. The summed E-state index contributed by atoms with van der Waals surface area (Å²) in [6, 6.07) is 5.78. The van der Waals surface area contributed by atoms with Gasteiger partial charge in [0.25, 0.3) is 5.69 Å². The summed E-state index contributed by atoms with van der Waals surface area (Å²) in [5, 5.41) is 24.1. The maximum absolute atomic E-state index is 11.5. The number of rotatable bonds is 7. The number of amides is 1. The summed E-state index contributed by atoms with van der Waals surface area (Å²) in [6.45, 7) is 0.0406. The lowest BCUT2D eigenvalue weighted by Crippen LogP contribution is -2.29. The third-order valence-corrected chi connectivity index (χ3v) is 2.18. The van der Waals surface area contributed by atoms with Crippen LogP contribution in [0.5, 0.6) is 0 Å². The number of carbonyl (C=O) groups is 2. The van der Waals surface area contributed by atoms with Crippen LogP contribution in [0.15, 0.2) is 24.3 Å². The Bertz CT molecular complexity index is 489. The number of anilines is 1. The van der Waals surface area contributed by atoms with E-state index < -0.39 is 16.8 Å². The van der Waals surface area contributed by atoms with Gasteiger partial charge in [0.2, 0.25) is 5.91 Å². The molecule has 3 N–H and O–H groups in total. The maximum atomic E-state index is 11.5. The van der Waals surface area contributed by atoms with Gasteiger partial charge in [-0.1, -0.05) is 12.1 Å². The minimum Gasteiger partial charge on any atom is -0.481 e. The molecule has 1 aromatic rings. The lowest BCUT2D eigenvalue weighted by molar-refractivity contribution is -0.383. The van der Waals surface area contributed by atoms with Gasteiger partial charge in [-0.3, -0.25) is 19.7 Å². The standard InChI is InChI=1S/C11H13N3O5/c15-10(7-12-6-5-11(16)17)13-8-3-1-2-4-9(8)14(18)19/h1-4,12H,5-7H2,(H,13,15)(H,16,17). The zero-order chi connectivity index (χ0) is 14.3. The van der Waals surface area contributed by atoms with Gasteiger partial charge in [0.05, 0.1) is 17.9 Å². The van der Waals surface area contributed by atoms with Crippen LogP contribution in [0.4, 0.5) is 11.4 Å². The van der Waals surface area contributed by atoms with Crippen LogP contribution >= 0.6 is 0 Å². The zero-order valence-corrected chi connectivity index (χ0v) is 9.96. The van der Waals surface area contributed by atoms with Gasteiger partial charge < -0.3 is 15.7 Å². The molecule has 0 spiro atoms. The molecule has 0 aromatic heterocycles. The molecule has 1 rings (SSSR count). The number of nitrogens with zero attached hydrogens (tertiary/aromatic N) is 1. The van der Waals surface area contributed by atoms with Crippen molar-refractivity contribution in [3.8, 4) is 0 Å². The molecule has 8 heteroatoms. The Morgan fingerprint density at radius 2 is 2.00 bits per heavy atom. The van der Waals surface area contributed by atoms with Crippen LogP contribution in [0.2, 0.25) is 0 Å². The second-order valence-corrected chi connectivity index (χ2v) is 3.64. The average Bonchev–Trinajstić information content (AvgIpc) is 2.35. The highest BCUT2D eigenvalue weighted by atomic mass is 16.6. The number of carboxylic acids is 1. The number of carboxylic acid groups (broad SMARTS) is 1. The minimum absolute atomic E-state index is 0.0984. The smallest absolute Gasteiger partial charge is 0.304 e. The molecule has 0 saturated carbocycles. The van der Waals surface area contributed by atoms with Crippen LogP contribution in [0.25, 0.3) is 0 Å². The van der Waals surface area contributed by atoms with E-state index in [0.29, 0.717) is 0 Å². The molecule has 0 fully saturated rings. The highest BCUT2D eigenvalue weighted by molar-refractivity contribution is 5.94. The van der Waals surface area contributed by atoms with Crippen LogP contribution in [-0.2, 0) is 9.59 Å². The SMILES string of the molecule is O=C(O)CCNCC(=O)Nc1ccccc1[N+](=O)[O-]. The molecule has 0 atom stereocenters. The zero-order valence-electron chi connectivity index (χ0n) is 9.96. The molecule has 0 saturated heterocycles. The van der Waals surface area contributed by atoms with Crippen LogP contribution in [-0.4, -0.2) is 35.0 Å². The van der Waals surface area contributed by atoms with Gasteiger partial charge in [0.1, 0.15) is 5.69 Å². The molecular weight excluding hydrogens is 254 g/mol. The third kappa shape index (κ3) is 5.13. The number of carbonyl (C=O) groups excluding carboxylic acids is 1. The lowest BCUT2D eigenvalue weighted by Gasteiger charge is -2.06. The van der Waals surface area contributed by atoms with Crippen molar-refractivity contribution < 1.29 is 19.6 Å². The third-order valence-electron chi connectivity index (χ3n) is 2.18. The summed E-state index contributed by atoms with van der Waals surface area (Å²) in [6.07, 6.45) is -0.0984. The largest absolute Gasteiger partial charge is 0.481 e. The molecule has 0 heterocycles. The van der Waals surface area contributed by atoms with Crippen molar-refractivity contribution in [1.82, 2.24) is 5.32 Å². The van der Waals surface area contributed by atoms with E-state index in [9.17, 15) is 19.7 Å². The topological polar surface area (TPSA) is 122 Å². The molecule has 1 aromatic carbocycles. The molecule has 19 heavy (non-hydrogen) atoms.